The van der Waals surface area contributed by atoms with Crippen molar-refractivity contribution in [1.82, 2.24) is 19.6 Å². The summed E-state index contributed by atoms with van der Waals surface area (Å²) in [6.45, 7) is 1.56. The third kappa shape index (κ3) is 3.92. The number of hydrogen-bond acceptors (Lipinski definition) is 5. The molecule has 2 aromatic rings. The van der Waals surface area contributed by atoms with Crippen LogP contribution in [0.2, 0.25) is 0 Å². The number of nitrogens with one attached hydrogen (secondary N) is 2. The average Bonchev–Trinajstić information content (AvgIpc) is 3.06. The fourth-order valence-electron chi connectivity index (χ4n) is 1.73. The fourth-order valence-corrected chi connectivity index (χ4v) is 2.75. The van der Waals surface area contributed by atoms with E-state index in [9.17, 15) is 8.42 Å². The smallest absolute Gasteiger partial charge is 0.273 e. The van der Waals surface area contributed by atoms with Crippen molar-refractivity contribution >= 4 is 10.0 Å². The highest BCUT2D eigenvalue weighted by Gasteiger charge is 2.17. The van der Waals surface area contributed by atoms with Crippen molar-refractivity contribution in [3.8, 4) is 0 Å². The largest absolute Gasteiger partial charge is 0.447 e. The van der Waals surface area contributed by atoms with E-state index < -0.39 is 10.0 Å². The van der Waals surface area contributed by atoms with E-state index in [0.29, 0.717) is 31.8 Å². The Morgan fingerprint density at radius 2 is 2.25 bits per heavy atom. The van der Waals surface area contributed by atoms with E-state index in [2.05, 4.69) is 15.0 Å². The normalized spacial score (nSPS) is 11.8. The topological polar surface area (TPSA) is 89.2 Å². The molecule has 0 amide bonds. The van der Waals surface area contributed by atoms with Crippen molar-refractivity contribution < 1.29 is 12.8 Å². The molecule has 20 heavy (non-hydrogen) atoms. The molecule has 0 atom stereocenters. The second-order valence-electron chi connectivity index (χ2n) is 4.30. The molecular formula is C12H18N4O3S. The number of hydrogen-bond donors (Lipinski definition) is 2. The van der Waals surface area contributed by atoms with Crippen LogP contribution in [0.5, 0.6) is 0 Å². The van der Waals surface area contributed by atoms with Gasteiger partial charge in [0.25, 0.3) is 10.0 Å². The van der Waals surface area contributed by atoms with Crippen LogP contribution in [0.15, 0.2) is 40.4 Å². The fraction of sp³-hybridized carbons (Fsp3) is 0.417. The van der Waals surface area contributed by atoms with Gasteiger partial charge in [-0.15, -0.1) is 0 Å². The van der Waals surface area contributed by atoms with Crippen LogP contribution in [0, 0.1) is 0 Å². The maximum atomic E-state index is 12.0. The molecule has 0 aliphatic carbocycles. The lowest BCUT2D eigenvalue weighted by atomic mass is 10.4. The van der Waals surface area contributed by atoms with E-state index in [0.717, 1.165) is 0 Å². The molecule has 0 aliphatic heterocycles. The number of aryl methyl sites for hydroxylation is 1. The predicted octanol–water partition coefficient (Wildman–Crippen LogP) is 0.564. The maximum Gasteiger partial charge on any atom is 0.273 e. The zero-order valence-corrected chi connectivity index (χ0v) is 12.1. The molecule has 0 saturated carbocycles. The van der Waals surface area contributed by atoms with Crippen LogP contribution < -0.4 is 10.0 Å². The van der Waals surface area contributed by atoms with Crippen LogP contribution in [-0.4, -0.2) is 31.6 Å². The summed E-state index contributed by atoms with van der Waals surface area (Å²) in [5.74, 6) is 0.589. The van der Waals surface area contributed by atoms with Crippen LogP contribution in [-0.2, 0) is 23.1 Å². The predicted molar refractivity (Wildman–Crippen MR) is 73.5 cm³/mol. The number of rotatable bonds is 8. The molecule has 2 heterocycles. The summed E-state index contributed by atoms with van der Waals surface area (Å²) < 4.78 is 33.6. The van der Waals surface area contributed by atoms with Gasteiger partial charge in [0.1, 0.15) is 5.76 Å². The first kappa shape index (κ1) is 14.8. The number of imidazole rings is 1. The Bertz CT molecular complexity index is 619. The van der Waals surface area contributed by atoms with Crippen LogP contribution in [0.25, 0.3) is 0 Å². The lowest BCUT2D eigenvalue weighted by Crippen LogP contribution is -2.25. The van der Waals surface area contributed by atoms with E-state index in [1.165, 1.54) is 6.07 Å². The minimum absolute atomic E-state index is 0.0506. The van der Waals surface area contributed by atoms with Crippen LogP contribution in [0.4, 0.5) is 0 Å². The van der Waals surface area contributed by atoms with E-state index in [1.807, 2.05) is 10.8 Å². The lowest BCUT2D eigenvalue weighted by molar-refractivity contribution is 0.404. The highest BCUT2D eigenvalue weighted by molar-refractivity contribution is 7.89. The Kier molecular flexibility index (Phi) is 4.94. The Morgan fingerprint density at radius 1 is 1.40 bits per heavy atom. The summed E-state index contributed by atoms with van der Waals surface area (Å²) in [7, 11) is -1.80. The minimum Gasteiger partial charge on any atom is -0.447 e. The summed E-state index contributed by atoms with van der Waals surface area (Å²) >= 11 is 0. The van der Waals surface area contributed by atoms with Crippen molar-refractivity contribution in [2.75, 3.05) is 13.6 Å². The van der Waals surface area contributed by atoms with Crippen molar-refractivity contribution in [1.29, 1.82) is 0 Å². The zero-order valence-electron chi connectivity index (χ0n) is 11.2. The summed E-state index contributed by atoms with van der Waals surface area (Å²) in [6, 6.07) is 3.11. The second kappa shape index (κ2) is 6.69. The van der Waals surface area contributed by atoms with Gasteiger partial charge in [-0.3, -0.25) is 0 Å². The molecule has 0 unspecified atom stereocenters. The zero-order chi connectivity index (χ0) is 14.4. The summed E-state index contributed by atoms with van der Waals surface area (Å²) in [6.07, 6.45) is 5.91. The highest BCUT2D eigenvalue weighted by Crippen LogP contribution is 2.13. The van der Waals surface area contributed by atoms with Gasteiger partial charge < -0.3 is 14.3 Å². The molecule has 2 rings (SSSR count). The molecule has 0 radical (unpaired) electrons. The SMILES string of the molecule is CNCc1ccc(S(=O)(=O)NCCCn2ccnc2)o1. The molecule has 0 bridgehead atoms. The number of aromatic nitrogens is 2. The quantitative estimate of drug-likeness (QED) is 0.695. The molecule has 0 aromatic carbocycles. The van der Waals surface area contributed by atoms with Crippen molar-refractivity contribution in [2.45, 2.75) is 24.6 Å². The highest BCUT2D eigenvalue weighted by atomic mass is 32.2. The van der Waals surface area contributed by atoms with Crippen LogP contribution >= 0.6 is 0 Å². The molecule has 7 nitrogen and oxygen atoms in total. The monoisotopic (exact) mass is 298 g/mol. The molecule has 2 aromatic heterocycles. The molecular weight excluding hydrogens is 280 g/mol. The van der Waals surface area contributed by atoms with Gasteiger partial charge in [0.2, 0.25) is 5.09 Å². The van der Waals surface area contributed by atoms with Crippen LogP contribution in [0.1, 0.15) is 12.2 Å². The Labute approximate surface area is 118 Å². The van der Waals surface area contributed by atoms with Gasteiger partial charge in [0, 0.05) is 25.5 Å². The van der Waals surface area contributed by atoms with Gasteiger partial charge in [-0.1, -0.05) is 0 Å². The van der Waals surface area contributed by atoms with E-state index in [4.69, 9.17) is 4.42 Å². The standard InChI is InChI=1S/C12H18N4O3S/c1-13-9-11-3-4-12(19-11)20(17,18)15-5-2-7-16-8-6-14-10-16/h3-4,6,8,10,13,15H,2,5,7,9H2,1H3. The Balaban J connectivity index is 1.83. The first-order valence-electron chi connectivity index (χ1n) is 6.30. The first-order chi connectivity index (χ1) is 9.62. The lowest BCUT2D eigenvalue weighted by Gasteiger charge is -2.05. The van der Waals surface area contributed by atoms with Crippen molar-refractivity contribution in [2.24, 2.45) is 0 Å². The van der Waals surface area contributed by atoms with Crippen molar-refractivity contribution in [3.05, 3.63) is 36.6 Å². The van der Waals surface area contributed by atoms with Gasteiger partial charge >= 0.3 is 0 Å². The van der Waals surface area contributed by atoms with Crippen LogP contribution in [0.3, 0.4) is 0 Å². The minimum atomic E-state index is -3.57. The molecule has 8 heteroatoms. The number of nitrogens with zero attached hydrogens (tertiary/aromatic N) is 2. The third-order valence-corrected chi connectivity index (χ3v) is 4.03. The van der Waals surface area contributed by atoms with Crippen molar-refractivity contribution in [3.63, 3.8) is 0 Å². The molecule has 2 N–H and O–H groups in total. The summed E-state index contributed by atoms with van der Waals surface area (Å²) in [5.41, 5.74) is 0. The van der Waals surface area contributed by atoms with Gasteiger partial charge in [-0.25, -0.2) is 18.1 Å². The molecule has 0 aliphatic rings. The average molecular weight is 298 g/mol. The summed E-state index contributed by atoms with van der Waals surface area (Å²) in [5, 5.41) is 2.85. The third-order valence-electron chi connectivity index (χ3n) is 2.70. The number of sulfonamides is 1. The van der Waals surface area contributed by atoms with E-state index in [-0.39, 0.29) is 5.09 Å². The molecule has 110 valence electrons. The Morgan fingerprint density at radius 3 is 2.95 bits per heavy atom. The van der Waals surface area contributed by atoms with Gasteiger partial charge in [-0.05, 0) is 25.6 Å². The molecule has 0 fully saturated rings. The van der Waals surface area contributed by atoms with Gasteiger partial charge in [0.05, 0.1) is 12.9 Å². The first-order valence-corrected chi connectivity index (χ1v) is 7.79. The second-order valence-corrected chi connectivity index (χ2v) is 6.00. The van der Waals surface area contributed by atoms with E-state index >= 15 is 0 Å². The Hall–Kier alpha value is -1.64. The van der Waals surface area contributed by atoms with Gasteiger partial charge in [0.15, 0.2) is 0 Å². The molecule has 0 saturated heterocycles. The maximum absolute atomic E-state index is 12.0. The number of furan rings is 1. The van der Waals surface area contributed by atoms with E-state index in [1.54, 1.807) is 25.6 Å². The van der Waals surface area contributed by atoms with Gasteiger partial charge in [-0.2, -0.15) is 0 Å². The summed E-state index contributed by atoms with van der Waals surface area (Å²) in [4.78, 5) is 3.92. The molecule has 0 spiro atoms.